The molecule has 3 atom stereocenters. The van der Waals surface area contributed by atoms with Crippen LogP contribution in [0.15, 0.2) is 23.1 Å². The molecule has 2 heterocycles. The Bertz CT molecular complexity index is 796. The zero-order chi connectivity index (χ0) is 16.9. The minimum absolute atomic E-state index is 0.0653. The van der Waals surface area contributed by atoms with Crippen molar-refractivity contribution in [2.24, 2.45) is 5.92 Å². The van der Waals surface area contributed by atoms with Gasteiger partial charge in [0, 0.05) is 23.2 Å². The third-order valence-electron chi connectivity index (χ3n) is 4.46. The van der Waals surface area contributed by atoms with E-state index in [0.717, 1.165) is 16.4 Å². The van der Waals surface area contributed by atoms with E-state index in [4.69, 9.17) is 11.6 Å². The first-order valence-electron chi connectivity index (χ1n) is 6.93. The van der Waals surface area contributed by atoms with Crippen LogP contribution in [0.2, 0.25) is 5.02 Å². The Hall–Kier alpha value is -1.71. The van der Waals surface area contributed by atoms with Gasteiger partial charge in [-0.05, 0) is 31.4 Å². The lowest BCUT2D eigenvalue weighted by Gasteiger charge is -2.22. The molecule has 0 radical (unpaired) electrons. The van der Waals surface area contributed by atoms with Gasteiger partial charge in [-0.2, -0.15) is 4.31 Å². The van der Waals surface area contributed by atoms with Crippen molar-refractivity contribution in [2.75, 3.05) is 0 Å². The quantitative estimate of drug-likeness (QED) is 0.646. The highest BCUT2D eigenvalue weighted by atomic mass is 35.5. The lowest BCUT2D eigenvalue weighted by molar-refractivity contribution is -0.387. The van der Waals surface area contributed by atoms with E-state index in [1.54, 1.807) is 0 Å². The molecule has 3 unspecified atom stereocenters. The fourth-order valence-corrected chi connectivity index (χ4v) is 5.88. The highest BCUT2D eigenvalue weighted by Crippen LogP contribution is 2.46. The molecule has 0 spiro atoms. The van der Waals surface area contributed by atoms with E-state index in [-0.39, 0.29) is 11.4 Å². The van der Waals surface area contributed by atoms with E-state index in [0.29, 0.717) is 12.8 Å². The summed E-state index contributed by atoms with van der Waals surface area (Å²) in [6, 6.07) is 2.23. The second kappa shape index (κ2) is 5.43. The van der Waals surface area contributed by atoms with Crippen LogP contribution >= 0.6 is 11.6 Å². The maximum atomic E-state index is 12.9. The summed E-state index contributed by atoms with van der Waals surface area (Å²) in [5, 5.41) is 20.4. The van der Waals surface area contributed by atoms with Crippen LogP contribution in [0.5, 0.6) is 0 Å². The van der Waals surface area contributed by atoms with Gasteiger partial charge in [-0.1, -0.05) is 11.6 Å². The standard InChI is InChI=1S/C13H13ClN2O6S/c14-7-1-3-11(16(19)20)12(5-7)23(21,22)15-8-2-4-10(15)9(6-8)13(17)18/h1,3,5,8-10H,2,4,6H2,(H,17,18). The number of aliphatic carboxylic acids is 1. The van der Waals surface area contributed by atoms with Crippen LogP contribution in [0.25, 0.3) is 0 Å². The number of hydrogen-bond donors (Lipinski definition) is 1. The second-order valence-corrected chi connectivity index (χ2v) is 7.93. The van der Waals surface area contributed by atoms with Gasteiger partial charge < -0.3 is 5.11 Å². The Labute approximate surface area is 136 Å². The lowest BCUT2D eigenvalue weighted by atomic mass is 9.89. The Morgan fingerprint density at radius 2 is 2.09 bits per heavy atom. The van der Waals surface area contributed by atoms with Crippen LogP contribution < -0.4 is 0 Å². The molecular formula is C13H13ClN2O6S. The van der Waals surface area contributed by atoms with E-state index < -0.39 is 49.5 Å². The van der Waals surface area contributed by atoms with Crippen molar-refractivity contribution in [1.29, 1.82) is 0 Å². The Morgan fingerprint density at radius 3 is 2.65 bits per heavy atom. The van der Waals surface area contributed by atoms with E-state index in [1.165, 1.54) is 6.07 Å². The van der Waals surface area contributed by atoms with Crippen molar-refractivity contribution < 1.29 is 23.2 Å². The lowest BCUT2D eigenvalue weighted by Crippen LogP contribution is -2.38. The molecule has 2 aliphatic rings. The summed E-state index contributed by atoms with van der Waals surface area (Å²) < 4.78 is 27.0. The largest absolute Gasteiger partial charge is 0.481 e. The summed E-state index contributed by atoms with van der Waals surface area (Å²) in [7, 11) is -4.20. The monoisotopic (exact) mass is 360 g/mol. The number of nitrogens with zero attached hydrogens (tertiary/aromatic N) is 2. The molecule has 0 aliphatic carbocycles. The zero-order valence-corrected chi connectivity index (χ0v) is 13.3. The van der Waals surface area contributed by atoms with Crippen molar-refractivity contribution in [3.63, 3.8) is 0 Å². The molecule has 10 heteroatoms. The predicted molar refractivity (Wildman–Crippen MR) is 79.7 cm³/mol. The number of sulfonamides is 1. The highest BCUT2D eigenvalue weighted by molar-refractivity contribution is 7.89. The minimum Gasteiger partial charge on any atom is -0.481 e. The van der Waals surface area contributed by atoms with Gasteiger partial charge in [0.1, 0.15) is 0 Å². The summed E-state index contributed by atoms with van der Waals surface area (Å²) in [5.41, 5.74) is -0.562. The number of benzene rings is 1. The minimum atomic E-state index is -4.20. The van der Waals surface area contributed by atoms with Crippen LogP contribution in [0.1, 0.15) is 19.3 Å². The maximum Gasteiger partial charge on any atom is 0.308 e. The van der Waals surface area contributed by atoms with Crippen molar-refractivity contribution in [1.82, 2.24) is 4.31 Å². The number of carbonyl (C=O) groups is 1. The molecule has 3 rings (SSSR count). The highest BCUT2D eigenvalue weighted by Gasteiger charge is 2.55. The van der Waals surface area contributed by atoms with Crippen molar-refractivity contribution >= 4 is 33.3 Å². The van der Waals surface area contributed by atoms with E-state index in [9.17, 15) is 28.4 Å². The second-order valence-electron chi connectivity index (χ2n) is 5.68. The van der Waals surface area contributed by atoms with Crippen molar-refractivity contribution in [3.8, 4) is 0 Å². The van der Waals surface area contributed by atoms with Gasteiger partial charge >= 0.3 is 5.97 Å². The molecule has 0 saturated carbocycles. The number of carboxylic acids is 1. The average Bonchev–Trinajstić information content (AvgIpc) is 3.05. The van der Waals surface area contributed by atoms with Gasteiger partial charge in [-0.15, -0.1) is 0 Å². The van der Waals surface area contributed by atoms with Crippen LogP contribution in [-0.4, -0.2) is 40.8 Å². The number of hydrogen-bond acceptors (Lipinski definition) is 5. The third-order valence-corrected chi connectivity index (χ3v) is 6.71. The number of rotatable bonds is 4. The molecule has 1 N–H and O–H groups in total. The molecule has 2 aliphatic heterocycles. The predicted octanol–water partition coefficient (Wildman–Crippen LogP) is 1.87. The van der Waals surface area contributed by atoms with Gasteiger partial charge in [-0.3, -0.25) is 14.9 Å². The summed E-state index contributed by atoms with van der Waals surface area (Å²) in [6.07, 6.45) is 1.23. The SMILES string of the molecule is O=C(O)C1CC2CCC1N2S(=O)(=O)c1cc(Cl)ccc1[N+](=O)[O-]. The molecule has 0 amide bonds. The molecule has 2 saturated heterocycles. The normalized spacial score (nSPS) is 27.3. The molecule has 23 heavy (non-hydrogen) atoms. The fraction of sp³-hybridized carbons (Fsp3) is 0.462. The molecule has 2 bridgehead atoms. The number of halogens is 1. The molecule has 124 valence electrons. The first-order valence-corrected chi connectivity index (χ1v) is 8.75. The third kappa shape index (κ3) is 2.48. The van der Waals surface area contributed by atoms with E-state index in [1.807, 2.05) is 0 Å². The molecular weight excluding hydrogens is 348 g/mol. The summed E-state index contributed by atoms with van der Waals surface area (Å²) in [6.45, 7) is 0. The van der Waals surface area contributed by atoms with Gasteiger partial charge in [0.15, 0.2) is 4.90 Å². The maximum absolute atomic E-state index is 12.9. The summed E-state index contributed by atoms with van der Waals surface area (Å²) in [4.78, 5) is 21.1. The van der Waals surface area contributed by atoms with Crippen LogP contribution in [-0.2, 0) is 14.8 Å². The topological polar surface area (TPSA) is 118 Å². The first kappa shape index (κ1) is 16.2. The first-order chi connectivity index (χ1) is 10.7. The summed E-state index contributed by atoms with van der Waals surface area (Å²) >= 11 is 5.80. The molecule has 0 aromatic heterocycles. The van der Waals surface area contributed by atoms with Gasteiger partial charge in [0.2, 0.25) is 10.0 Å². The van der Waals surface area contributed by atoms with Crippen LogP contribution in [0, 0.1) is 16.0 Å². The number of carboxylic acid groups (broad SMARTS) is 1. The van der Waals surface area contributed by atoms with Crippen molar-refractivity contribution in [2.45, 2.75) is 36.2 Å². The van der Waals surface area contributed by atoms with E-state index >= 15 is 0 Å². The molecule has 2 fully saturated rings. The van der Waals surface area contributed by atoms with Crippen LogP contribution in [0.4, 0.5) is 5.69 Å². The number of fused-ring (bicyclic) bond motifs is 2. The van der Waals surface area contributed by atoms with Gasteiger partial charge in [-0.25, -0.2) is 8.42 Å². The fourth-order valence-electron chi connectivity index (χ4n) is 3.54. The molecule has 1 aromatic carbocycles. The Morgan fingerprint density at radius 1 is 1.39 bits per heavy atom. The Balaban J connectivity index is 2.09. The Kier molecular flexibility index (Phi) is 3.81. The number of nitro groups is 1. The van der Waals surface area contributed by atoms with Crippen LogP contribution in [0.3, 0.4) is 0 Å². The van der Waals surface area contributed by atoms with Crippen molar-refractivity contribution in [3.05, 3.63) is 33.3 Å². The molecule has 8 nitrogen and oxygen atoms in total. The van der Waals surface area contributed by atoms with Gasteiger partial charge in [0.05, 0.1) is 10.8 Å². The summed E-state index contributed by atoms with van der Waals surface area (Å²) in [5.74, 6) is -1.82. The smallest absolute Gasteiger partial charge is 0.308 e. The number of nitro benzene ring substituents is 1. The zero-order valence-electron chi connectivity index (χ0n) is 11.8. The van der Waals surface area contributed by atoms with E-state index in [2.05, 4.69) is 0 Å². The average molecular weight is 361 g/mol. The van der Waals surface area contributed by atoms with Gasteiger partial charge in [0.25, 0.3) is 5.69 Å². The molecule has 1 aromatic rings.